The van der Waals surface area contributed by atoms with Crippen LogP contribution in [0.4, 0.5) is 5.69 Å². The zero-order valence-electron chi connectivity index (χ0n) is 27.6. The van der Waals surface area contributed by atoms with Crippen molar-refractivity contribution in [3.8, 4) is 11.5 Å². The number of rotatable bonds is 15. The van der Waals surface area contributed by atoms with Gasteiger partial charge in [-0.1, -0.05) is 79.2 Å². The molecule has 0 heterocycles. The van der Waals surface area contributed by atoms with Gasteiger partial charge in [0.05, 0.1) is 24.8 Å². The van der Waals surface area contributed by atoms with Crippen molar-refractivity contribution in [2.75, 3.05) is 25.1 Å². The lowest BCUT2D eigenvalue weighted by atomic mass is 10.0. The average molecular weight is 658 g/mol. The summed E-state index contributed by atoms with van der Waals surface area (Å²) < 4.78 is 40.4. The number of sulfonamides is 1. The van der Waals surface area contributed by atoms with Crippen molar-refractivity contribution in [3.63, 3.8) is 0 Å². The Bertz CT molecular complexity index is 1730. The maximum absolute atomic E-state index is 14.6. The summed E-state index contributed by atoms with van der Waals surface area (Å²) in [6.45, 7) is 5.37. The van der Waals surface area contributed by atoms with Crippen LogP contribution >= 0.6 is 0 Å². The van der Waals surface area contributed by atoms with Crippen LogP contribution in [0.15, 0.2) is 108 Å². The van der Waals surface area contributed by atoms with E-state index in [0.717, 1.165) is 21.0 Å². The summed E-state index contributed by atoms with van der Waals surface area (Å²) in [7, 11) is -1.36. The first kappa shape index (κ1) is 35.0. The van der Waals surface area contributed by atoms with Crippen molar-refractivity contribution >= 4 is 27.5 Å². The molecule has 1 N–H and O–H groups in total. The van der Waals surface area contributed by atoms with Gasteiger partial charge < -0.3 is 19.7 Å². The molecule has 248 valence electrons. The number of nitrogens with zero attached hydrogens (tertiary/aromatic N) is 2. The van der Waals surface area contributed by atoms with Crippen molar-refractivity contribution < 1.29 is 27.5 Å². The van der Waals surface area contributed by atoms with Crippen LogP contribution in [0.1, 0.15) is 37.0 Å². The Morgan fingerprint density at radius 3 is 2.06 bits per heavy atom. The maximum atomic E-state index is 14.6. The first-order chi connectivity index (χ1) is 22.6. The third-order valence-electron chi connectivity index (χ3n) is 8.03. The highest BCUT2D eigenvalue weighted by molar-refractivity contribution is 7.92. The van der Waals surface area contributed by atoms with Crippen LogP contribution in [0.3, 0.4) is 0 Å². The molecule has 47 heavy (non-hydrogen) atoms. The van der Waals surface area contributed by atoms with Crippen molar-refractivity contribution in [1.29, 1.82) is 0 Å². The molecule has 0 spiro atoms. The van der Waals surface area contributed by atoms with Crippen LogP contribution in [0.2, 0.25) is 0 Å². The Morgan fingerprint density at radius 1 is 0.809 bits per heavy atom. The van der Waals surface area contributed by atoms with E-state index in [2.05, 4.69) is 5.32 Å². The summed E-state index contributed by atoms with van der Waals surface area (Å²) in [6.07, 6.45) is 0.942. The van der Waals surface area contributed by atoms with E-state index in [-0.39, 0.29) is 41.2 Å². The zero-order chi connectivity index (χ0) is 34.0. The third kappa shape index (κ3) is 8.92. The molecule has 0 saturated carbocycles. The number of amides is 2. The number of methoxy groups -OCH3 is 2. The SMILES string of the molecule is CC[C@H](C)NC(=O)[C@@H](Cc1ccccc1)N(Cc1ccc(C)cc1)C(=O)CN(c1ccccc1OC)S(=O)(=O)c1ccc(OC)cc1. The third-order valence-corrected chi connectivity index (χ3v) is 9.80. The number of para-hydroxylation sites is 2. The number of hydrogen-bond donors (Lipinski definition) is 1. The number of hydrogen-bond acceptors (Lipinski definition) is 6. The Hall–Kier alpha value is -4.83. The molecule has 0 fully saturated rings. The van der Waals surface area contributed by atoms with Crippen LogP contribution in [0.25, 0.3) is 0 Å². The van der Waals surface area contributed by atoms with Gasteiger partial charge in [-0.15, -0.1) is 0 Å². The Kier molecular flexibility index (Phi) is 12.0. The van der Waals surface area contributed by atoms with E-state index in [1.54, 1.807) is 36.4 Å². The molecule has 0 aliphatic carbocycles. The quantitative estimate of drug-likeness (QED) is 0.174. The van der Waals surface area contributed by atoms with Gasteiger partial charge in [-0.3, -0.25) is 13.9 Å². The first-order valence-corrected chi connectivity index (χ1v) is 17.0. The number of carbonyl (C=O) groups excluding carboxylic acids is 2. The summed E-state index contributed by atoms with van der Waals surface area (Å²) in [5.74, 6) is -0.0960. The predicted octanol–water partition coefficient (Wildman–Crippen LogP) is 5.76. The number of benzene rings is 4. The van der Waals surface area contributed by atoms with Crippen LogP contribution < -0.4 is 19.1 Å². The van der Waals surface area contributed by atoms with Gasteiger partial charge in [0.2, 0.25) is 11.8 Å². The molecule has 0 aromatic heterocycles. The average Bonchev–Trinajstić information content (AvgIpc) is 3.09. The zero-order valence-corrected chi connectivity index (χ0v) is 28.4. The predicted molar refractivity (Wildman–Crippen MR) is 184 cm³/mol. The van der Waals surface area contributed by atoms with E-state index in [1.807, 2.05) is 75.4 Å². The van der Waals surface area contributed by atoms with E-state index in [4.69, 9.17) is 9.47 Å². The Balaban J connectivity index is 1.83. The second-order valence-electron chi connectivity index (χ2n) is 11.4. The standard InChI is InChI=1S/C37H43N3O6S/c1-6-28(3)38-37(42)34(24-29-12-8-7-9-13-29)39(25-30-18-16-27(2)17-19-30)36(41)26-40(33-14-10-11-15-35(33)46-5)47(43,44)32-22-20-31(45-4)21-23-32/h7-23,28,34H,6,24-26H2,1-5H3,(H,38,42)/t28-,34+/m0/s1. The van der Waals surface area contributed by atoms with Gasteiger partial charge in [-0.2, -0.15) is 0 Å². The molecular formula is C37H43N3O6S. The molecule has 4 aromatic rings. The molecule has 4 aromatic carbocycles. The minimum Gasteiger partial charge on any atom is -0.497 e. The molecule has 0 unspecified atom stereocenters. The minimum atomic E-state index is -4.30. The summed E-state index contributed by atoms with van der Waals surface area (Å²) in [4.78, 5) is 30.1. The first-order valence-electron chi connectivity index (χ1n) is 15.6. The van der Waals surface area contributed by atoms with Crippen LogP contribution in [0, 0.1) is 6.92 Å². The van der Waals surface area contributed by atoms with Gasteiger partial charge in [0.25, 0.3) is 10.0 Å². The van der Waals surface area contributed by atoms with Gasteiger partial charge in [-0.05, 0) is 67.8 Å². The molecular weight excluding hydrogens is 614 g/mol. The van der Waals surface area contributed by atoms with Gasteiger partial charge in [0, 0.05) is 19.0 Å². The smallest absolute Gasteiger partial charge is 0.264 e. The fourth-order valence-corrected chi connectivity index (χ4v) is 6.53. The molecule has 0 aliphatic heterocycles. The second kappa shape index (κ2) is 16.1. The van der Waals surface area contributed by atoms with E-state index in [9.17, 15) is 18.0 Å². The molecule has 0 radical (unpaired) electrons. The van der Waals surface area contributed by atoms with Gasteiger partial charge >= 0.3 is 0 Å². The summed E-state index contributed by atoms with van der Waals surface area (Å²) in [6, 6.07) is 28.7. The summed E-state index contributed by atoms with van der Waals surface area (Å²) in [5.41, 5.74) is 2.92. The van der Waals surface area contributed by atoms with Crippen LogP contribution in [0.5, 0.6) is 11.5 Å². The lowest BCUT2D eigenvalue weighted by Gasteiger charge is -2.34. The van der Waals surface area contributed by atoms with Crippen molar-refractivity contribution in [3.05, 3.63) is 120 Å². The normalized spacial score (nSPS) is 12.4. The number of nitrogens with one attached hydrogen (secondary N) is 1. The van der Waals surface area contributed by atoms with E-state index < -0.39 is 28.5 Å². The van der Waals surface area contributed by atoms with Crippen LogP contribution in [-0.2, 0) is 32.6 Å². The molecule has 0 bridgehead atoms. The number of carbonyl (C=O) groups is 2. The lowest BCUT2D eigenvalue weighted by molar-refractivity contribution is -0.140. The monoisotopic (exact) mass is 657 g/mol. The summed E-state index contributed by atoms with van der Waals surface area (Å²) >= 11 is 0. The summed E-state index contributed by atoms with van der Waals surface area (Å²) in [5, 5.41) is 3.05. The maximum Gasteiger partial charge on any atom is 0.264 e. The fourth-order valence-electron chi connectivity index (χ4n) is 5.11. The van der Waals surface area contributed by atoms with E-state index in [1.165, 1.54) is 31.3 Å². The largest absolute Gasteiger partial charge is 0.497 e. The molecule has 0 aliphatic rings. The van der Waals surface area contributed by atoms with Crippen molar-refractivity contribution in [2.45, 2.75) is 57.1 Å². The Morgan fingerprint density at radius 2 is 1.45 bits per heavy atom. The van der Waals surface area contributed by atoms with Gasteiger partial charge in [-0.25, -0.2) is 8.42 Å². The molecule has 2 amide bonds. The fraction of sp³-hybridized carbons (Fsp3) is 0.297. The highest BCUT2D eigenvalue weighted by Gasteiger charge is 2.35. The van der Waals surface area contributed by atoms with Crippen LogP contribution in [-0.4, -0.2) is 58.0 Å². The molecule has 10 heteroatoms. The molecule has 0 saturated heterocycles. The van der Waals surface area contributed by atoms with Crippen molar-refractivity contribution in [2.24, 2.45) is 0 Å². The number of anilines is 1. The molecule has 4 rings (SSSR count). The van der Waals surface area contributed by atoms with E-state index >= 15 is 0 Å². The highest BCUT2D eigenvalue weighted by atomic mass is 32.2. The number of ether oxygens (including phenoxy) is 2. The van der Waals surface area contributed by atoms with Crippen molar-refractivity contribution in [1.82, 2.24) is 10.2 Å². The highest BCUT2D eigenvalue weighted by Crippen LogP contribution is 2.33. The van der Waals surface area contributed by atoms with Gasteiger partial charge in [0.1, 0.15) is 24.1 Å². The Labute approximate surface area is 278 Å². The van der Waals surface area contributed by atoms with Gasteiger partial charge in [0.15, 0.2) is 0 Å². The minimum absolute atomic E-state index is 0.0301. The molecule has 2 atom stereocenters. The molecule has 9 nitrogen and oxygen atoms in total. The lowest BCUT2D eigenvalue weighted by Crippen LogP contribution is -2.54. The second-order valence-corrected chi connectivity index (χ2v) is 13.3. The van der Waals surface area contributed by atoms with E-state index in [0.29, 0.717) is 12.2 Å². The number of aryl methyl sites for hydroxylation is 1. The topological polar surface area (TPSA) is 105 Å².